The van der Waals surface area contributed by atoms with Crippen molar-refractivity contribution in [2.45, 2.75) is 12.8 Å². The van der Waals surface area contributed by atoms with Crippen molar-refractivity contribution in [3.63, 3.8) is 0 Å². The number of aromatic amines is 1. The van der Waals surface area contributed by atoms with Gasteiger partial charge in [-0.1, -0.05) is 17.7 Å². The summed E-state index contributed by atoms with van der Waals surface area (Å²) in [5, 5.41) is 18.5. The number of carbonyl (C=O) groups excluding carboxylic acids is 1. The van der Waals surface area contributed by atoms with Gasteiger partial charge < -0.3 is 10.4 Å². The third kappa shape index (κ3) is 2.70. The molecule has 0 saturated carbocycles. The number of aliphatic carboxylic acids is 1. The van der Waals surface area contributed by atoms with Gasteiger partial charge in [0.05, 0.1) is 18.0 Å². The van der Waals surface area contributed by atoms with Gasteiger partial charge in [0, 0.05) is 11.1 Å². The number of hydrogen-bond acceptors (Lipinski definition) is 3. The summed E-state index contributed by atoms with van der Waals surface area (Å²) in [5.41, 5.74) is 0. The van der Waals surface area contributed by atoms with Gasteiger partial charge >= 0.3 is 5.97 Å². The molecule has 2 atom stereocenters. The number of carboxylic acid groups (broad SMARTS) is 1. The number of amides is 1. The number of H-pyrrole nitrogens is 1. The molecule has 0 spiro atoms. The Kier molecular flexibility index (Phi) is 3.66. The molecule has 3 N–H and O–H groups in total. The highest BCUT2D eigenvalue weighted by atomic mass is 35.5. The molecule has 1 aliphatic rings. The van der Waals surface area contributed by atoms with E-state index >= 15 is 0 Å². The molecule has 0 radical (unpaired) electrons. The zero-order chi connectivity index (χ0) is 13.1. The van der Waals surface area contributed by atoms with E-state index in [1.165, 1.54) is 6.20 Å². The standard InChI is InChI=1S/C11H12ClN3O3/c12-6-1-2-7(11(17)18)8(5-6)10(16)14-9-3-4-13-15-9/h1,3-4,7-8H,2,5H2,(H,17,18)(H2,13,14,15,16)/t7-,8+/m0/s1. The molecule has 0 aromatic carbocycles. The highest BCUT2D eigenvalue weighted by Gasteiger charge is 2.36. The number of nitrogens with one attached hydrogen (secondary N) is 2. The van der Waals surface area contributed by atoms with E-state index in [1.807, 2.05) is 0 Å². The van der Waals surface area contributed by atoms with Crippen molar-refractivity contribution in [1.29, 1.82) is 0 Å². The van der Waals surface area contributed by atoms with Crippen LogP contribution < -0.4 is 5.32 Å². The molecule has 2 rings (SSSR count). The second-order valence-corrected chi connectivity index (χ2v) is 4.59. The fourth-order valence-electron chi connectivity index (χ4n) is 1.95. The van der Waals surface area contributed by atoms with E-state index in [2.05, 4.69) is 15.5 Å². The predicted octanol–water partition coefficient (Wildman–Crippen LogP) is 1.58. The quantitative estimate of drug-likeness (QED) is 0.776. The van der Waals surface area contributed by atoms with Crippen LogP contribution in [0.5, 0.6) is 0 Å². The van der Waals surface area contributed by atoms with Crippen molar-refractivity contribution in [3.05, 3.63) is 23.4 Å². The largest absolute Gasteiger partial charge is 0.481 e. The second kappa shape index (κ2) is 5.22. The van der Waals surface area contributed by atoms with Crippen LogP contribution >= 0.6 is 11.6 Å². The van der Waals surface area contributed by atoms with Gasteiger partial charge in [0.2, 0.25) is 5.91 Å². The van der Waals surface area contributed by atoms with Crippen LogP contribution in [0.4, 0.5) is 5.82 Å². The van der Waals surface area contributed by atoms with Gasteiger partial charge in [-0.2, -0.15) is 5.10 Å². The van der Waals surface area contributed by atoms with Crippen molar-refractivity contribution < 1.29 is 14.7 Å². The fraction of sp³-hybridized carbons (Fsp3) is 0.364. The number of rotatable bonds is 3. The van der Waals surface area contributed by atoms with Crippen LogP contribution in [0.1, 0.15) is 12.8 Å². The lowest BCUT2D eigenvalue weighted by Gasteiger charge is -2.25. The summed E-state index contributed by atoms with van der Waals surface area (Å²) in [6, 6.07) is 1.59. The molecule has 96 valence electrons. The minimum Gasteiger partial charge on any atom is -0.481 e. The maximum absolute atomic E-state index is 12.0. The van der Waals surface area contributed by atoms with Crippen molar-refractivity contribution in [2.24, 2.45) is 11.8 Å². The Labute approximate surface area is 108 Å². The summed E-state index contributed by atoms with van der Waals surface area (Å²) in [6.07, 6.45) is 3.67. The minimum atomic E-state index is -0.986. The molecule has 1 aromatic rings. The first-order valence-electron chi connectivity index (χ1n) is 5.45. The first-order chi connectivity index (χ1) is 8.58. The molecule has 6 nitrogen and oxygen atoms in total. The Bertz CT molecular complexity index is 484. The molecule has 0 unspecified atom stereocenters. The van der Waals surface area contributed by atoms with Crippen molar-refractivity contribution in [1.82, 2.24) is 10.2 Å². The van der Waals surface area contributed by atoms with Gasteiger partial charge in [-0.3, -0.25) is 14.7 Å². The van der Waals surface area contributed by atoms with E-state index in [9.17, 15) is 9.59 Å². The van der Waals surface area contributed by atoms with Crippen molar-refractivity contribution in [3.8, 4) is 0 Å². The molecule has 1 aliphatic carbocycles. The van der Waals surface area contributed by atoms with Gasteiger partial charge in [-0.05, 0) is 12.8 Å². The summed E-state index contributed by atoms with van der Waals surface area (Å²) in [4.78, 5) is 23.1. The third-order valence-corrected chi connectivity index (χ3v) is 3.22. The average Bonchev–Trinajstić information content (AvgIpc) is 2.81. The Hall–Kier alpha value is -1.82. The highest BCUT2D eigenvalue weighted by molar-refractivity contribution is 6.29. The maximum Gasteiger partial charge on any atom is 0.307 e. The van der Waals surface area contributed by atoms with Gasteiger partial charge in [-0.25, -0.2) is 0 Å². The number of hydrogen-bond donors (Lipinski definition) is 3. The van der Waals surface area contributed by atoms with E-state index < -0.39 is 17.8 Å². The first kappa shape index (κ1) is 12.6. The zero-order valence-corrected chi connectivity index (χ0v) is 10.1. The topological polar surface area (TPSA) is 95.1 Å². The Morgan fingerprint density at radius 3 is 2.89 bits per heavy atom. The van der Waals surface area contributed by atoms with Gasteiger partial charge in [0.15, 0.2) is 0 Å². The fourth-order valence-corrected chi connectivity index (χ4v) is 2.21. The van der Waals surface area contributed by atoms with Crippen LogP contribution in [0.3, 0.4) is 0 Å². The molecule has 0 aliphatic heterocycles. The summed E-state index contributed by atoms with van der Waals surface area (Å²) >= 11 is 5.88. The smallest absolute Gasteiger partial charge is 0.307 e. The number of carboxylic acids is 1. The summed E-state index contributed by atoms with van der Waals surface area (Å²) < 4.78 is 0. The van der Waals surface area contributed by atoms with Crippen LogP contribution in [0, 0.1) is 11.8 Å². The Balaban J connectivity index is 2.11. The number of allylic oxidation sites excluding steroid dienone is 2. The maximum atomic E-state index is 12.0. The molecule has 1 aromatic heterocycles. The van der Waals surface area contributed by atoms with E-state index in [0.29, 0.717) is 10.9 Å². The van der Waals surface area contributed by atoms with Gasteiger partial charge in [-0.15, -0.1) is 0 Å². The van der Waals surface area contributed by atoms with E-state index in [4.69, 9.17) is 16.7 Å². The molecule has 0 saturated heterocycles. The molecule has 0 bridgehead atoms. The van der Waals surface area contributed by atoms with E-state index in [1.54, 1.807) is 12.1 Å². The molecule has 0 fully saturated rings. The Morgan fingerprint density at radius 2 is 2.28 bits per heavy atom. The number of nitrogens with zero attached hydrogens (tertiary/aromatic N) is 1. The lowest BCUT2D eigenvalue weighted by Crippen LogP contribution is -2.35. The van der Waals surface area contributed by atoms with Crippen molar-refractivity contribution >= 4 is 29.3 Å². The van der Waals surface area contributed by atoms with E-state index in [-0.39, 0.29) is 18.7 Å². The number of aromatic nitrogens is 2. The lowest BCUT2D eigenvalue weighted by atomic mass is 9.82. The summed E-state index contributed by atoms with van der Waals surface area (Å²) in [7, 11) is 0. The number of halogens is 1. The minimum absolute atomic E-state index is 0.249. The molecule has 1 heterocycles. The van der Waals surface area contributed by atoms with E-state index in [0.717, 1.165) is 0 Å². The first-order valence-corrected chi connectivity index (χ1v) is 5.83. The van der Waals surface area contributed by atoms with Crippen LogP contribution in [0.2, 0.25) is 0 Å². The molecular formula is C11H12ClN3O3. The number of anilines is 1. The predicted molar refractivity (Wildman–Crippen MR) is 65.0 cm³/mol. The van der Waals surface area contributed by atoms with Crippen molar-refractivity contribution in [2.75, 3.05) is 5.32 Å². The molecule has 1 amide bonds. The Morgan fingerprint density at radius 1 is 1.50 bits per heavy atom. The van der Waals surface area contributed by atoms with Gasteiger partial charge in [0.25, 0.3) is 0 Å². The van der Waals surface area contributed by atoms with Crippen LogP contribution in [0.25, 0.3) is 0 Å². The molecule has 18 heavy (non-hydrogen) atoms. The third-order valence-electron chi connectivity index (χ3n) is 2.91. The van der Waals surface area contributed by atoms with Gasteiger partial charge in [0.1, 0.15) is 5.82 Å². The lowest BCUT2D eigenvalue weighted by molar-refractivity contribution is -0.146. The monoisotopic (exact) mass is 269 g/mol. The average molecular weight is 270 g/mol. The SMILES string of the molecule is O=C(O)[C@H]1CC=C(Cl)C[C@H]1C(=O)Nc1ccn[nH]1. The summed E-state index contributed by atoms with van der Waals surface area (Å²) in [5.74, 6) is -2.31. The highest BCUT2D eigenvalue weighted by Crippen LogP contribution is 2.32. The van der Waals surface area contributed by atoms with Crippen LogP contribution in [-0.2, 0) is 9.59 Å². The van der Waals surface area contributed by atoms with Crippen LogP contribution in [0.15, 0.2) is 23.4 Å². The second-order valence-electron chi connectivity index (χ2n) is 4.10. The zero-order valence-electron chi connectivity index (χ0n) is 9.39. The number of carbonyl (C=O) groups is 2. The van der Waals surface area contributed by atoms with Crippen LogP contribution in [-0.4, -0.2) is 27.2 Å². The normalized spacial score (nSPS) is 23.3. The molecule has 7 heteroatoms. The molecular weight excluding hydrogens is 258 g/mol. The summed E-state index contributed by atoms with van der Waals surface area (Å²) in [6.45, 7) is 0.